The largest absolute Gasteiger partial charge is 0.276 e. The number of carbonyl (C=O) groups excluding carboxylic acids is 1. The highest BCUT2D eigenvalue weighted by atomic mass is 35.7. The van der Waals surface area contributed by atoms with E-state index < -0.39 is 0 Å². The van der Waals surface area contributed by atoms with Crippen molar-refractivity contribution in [3.63, 3.8) is 0 Å². The van der Waals surface area contributed by atoms with Crippen molar-refractivity contribution in [3.8, 4) is 0 Å². The average molecular weight is 163 g/mol. The number of rotatable bonds is 0. The summed E-state index contributed by atoms with van der Waals surface area (Å²) >= 11 is 0. The molecule has 0 saturated heterocycles. The van der Waals surface area contributed by atoms with Gasteiger partial charge in [0.05, 0.1) is 0 Å². The summed E-state index contributed by atoms with van der Waals surface area (Å²) in [7, 11) is 11.0. The minimum Gasteiger partial charge on any atom is -0.272 e. The van der Waals surface area contributed by atoms with Gasteiger partial charge in [0.1, 0.15) is 0 Å². The van der Waals surface area contributed by atoms with Crippen LogP contribution in [0.1, 0.15) is 0 Å². The zero-order valence-corrected chi connectivity index (χ0v) is 5.63. The fraction of sp³-hybridized carbons (Fsp3) is 0. The minimum absolute atomic E-state index is 0.293. The molecule has 0 heterocycles. The van der Waals surface area contributed by atoms with Crippen LogP contribution < -0.4 is 0 Å². The Labute approximate surface area is 52.8 Å². The molecule has 0 saturated carbocycles. The van der Waals surface area contributed by atoms with Gasteiger partial charge < -0.3 is 0 Å². The van der Waals surface area contributed by atoms with Gasteiger partial charge in [-0.1, -0.05) is 0 Å². The smallest absolute Gasteiger partial charge is 0.272 e. The molecular weight excluding hydrogens is 163 g/mol. The molecule has 0 aromatic carbocycles. The molecule has 0 spiro atoms. The van der Waals surface area contributed by atoms with Gasteiger partial charge in [-0.2, -0.15) is 0 Å². The van der Waals surface area contributed by atoms with Gasteiger partial charge in [-0.05, 0) is 21.4 Å². The summed E-state index contributed by atoms with van der Waals surface area (Å²) < 4.78 is -0.293. The van der Waals surface area contributed by atoms with Gasteiger partial charge in [-0.3, -0.25) is 4.79 Å². The standard InChI is InChI=1S/CCl2OS2/c2-5-1(4)6-3. The van der Waals surface area contributed by atoms with Crippen LogP contribution in [0.5, 0.6) is 0 Å². The van der Waals surface area contributed by atoms with Crippen molar-refractivity contribution in [1.82, 2.24) is 0 Å². The van der Waals surface area contributed by atoms with Crippen molar-refractivity contribution < 1.29 is 4.79 Å². The van der Waals surface area contributed by atoms with Gasteiger partial charge in [0.25, 0.3) is 4.45 Å². The Morgan fingerprint density at radius 3 is 1.67 bits per heavy atom. The van der Waals surface area contributed by atoms with Crippen molar-refractivity contribution in [1.29, 1.82) is 0 Å². The summed E-state index contributed by atoms with van der Waals surface area (Å²) in [5, 5.41) is 0. The molecule has 0 aromatic rings. The maximum Gasteiger partial charge on any atom is 0.276 e. The Morgan fingerprint density at radius 1 is 1.33 bits per heavy atom. The van der Waals surface area contributed by atoms with Crippen LogP contribution in [0.3, 0.4) is 0 Å². The second-order valence-electron chi connectivity index (χ2n) is 0.404. The summed E-state index contributed by atoms with van der Waals surface area (Å²) in [5.41, 5.74) is 0. The van der Waals surface area contributed by atoms with E-state index in [4.69, 9.17) is 21.4 Å². The molecule has 0 aliphatic heterocycles. The lowest BCUT2D eigenvalue weighted by Gasteiger charge is -1.74. The highest BCUT2D eigenvalue weighted by Crippen LogP contribution is 2.22. The predicted molar refractivity (Wildman–Crippen MR) is 32.3 cm³/mol. The van der Waals surface area contributed by atoms with Crippen molar-refractivity contribution in [2.45, 2.75) is 0 Å². The van der Waals surface area contributed by atoms with Crippen molar-refractivity contribution in [2.24, 2.45) is 0 Å². The third-order valence-corrected chi connectivity index (χ3v) is 2.27. The van der Waals surface area contributed by atoms with Crippen LogP contribution in [0, 0.1) is 0 Å². The van der Waals surface area contributed by atoms with Crippen LogP contribution in [0.4, 0.5) is 4.79 Å². The molecule has 0 atom stereocenters. The molecule has 0 aliphatic rings. The van der Waals surface area contributed by atoms with E-state index >= 15 is 0 Å². The van der Waals surface area contributed by atoms with Crippen LogP contribution in [0.2, 0.25) is 0 Å². The fourth-order valence-electron chi connectivity index (χ4n) is 0.0119. The van der Waals surface area contributed by atoms with Crippen molar-refractivity contribution in [3.05, 3.63) is 0 Å². The molecule has 6 heavy (non-hydrogen) atoms. The highest BCUT2D eigenvalue weighted by molar-refractivity contribution is 8.54. The van der Waals surface area contributed by atoms with Gasteiger partial charge in [0.15, 0.2) is 0 Å². The van der Waals surface area contributed by atoms with E-state index in [0.29, 0.717) is 22.0 Å². The van der Waals surface area contributed by atoms with Crippen LogP contribution in [0.25, 0.3) is 0 Å². The Kier molecular flexibility index (Phi) is 4.77. The number of halogens is 2. The Balaban J connectivity index is 2.99. The van der Waals surface area contributed by atoms with Crippen LogP contribution in [-0.2, 0) is 0 Å². The van der Waals surface area contributed by atoms with E-state index in [1.165, 1.54) is 0 Å². The molecule has 0 aliphatic carbocycles. The first-order valence-electron chi connectivity index (χ1n) is 0.921. The van der Waals surface area contributed by atoms with E-state index in [1.807, 2.05) is 0 Å². The summed E-state index contributed by atoms with van der Waals surface area (Å²) in [6.07, 6.45) is 0. The van der Waals surface area contributed by atoms with Crippen LogP contribution in [-0.4, -0.2) is 4.45 Å². The molecule has 1 nitrogen and oxygen atoms in total. The molecule has 5 heteroatoms. The number of hydrogen-bond acceptors (Lipinski definition) is 3. The zero-order chi connectivity index (χ0) is 4.99. The zero-order valence-electron chi connectivity index (χ0n) is 2.48. The lowest BCUT2D eigenvalue weighted by Crippen LogP contribution is -1.61. The molecule has 0 rings (SSSR count). The average Bonchev–Trinajstić information content (AvgIpc) is 1.65. The molecule has 0 unspecified atom stereocenters. The monoisotopic (exact) mass is 162 g/mol. The summed E-state index contributed by atoms with van der Waals surface area (Å²) in [6, 6.07) is 0. The lowest BCUT2D eigenvalue weighted by molar-refractivity contribution is 0.277. The molecule has 0 bridgehead atoms. The Morgan fingerprint density at radius 2 is 1.67 bits per heavy atom. The second kappa shape index (κ2) is 4.12. The topological polar surface area (TPSA) is 17.1 Å². The lowest BCUT2D eigenvalue weighted by atomic mass is 11.8. The third kappa shape index (κ3) is 3.15. The maximum absolute atomic E-state index is 9.84. The van der Waals surface area contributed by atoms with Crippen molar-refractivity contribution in [2.75, 3.05) is 0 Å². The van der Waals surface area contributed by atoms with E-state index in [2.05, 4.69) is 0 Å². The molecule has 36 valence electrons. The highest BCUT2D eigenvalue weighted by Gasteiger charge is 1.94. The normalized spacial score (nSPS) is 8.33. The van der Waals surface area contributed by atoms with Crippen molar-refractivity contribution >= 4 is 47.8 Å². The first kappa shape index (κ1) is 6.95. The Hall–Kier alpha value is 0.950. The van der Waals surface area contributed by atoms with E-state index in [-0.39, 0.29) is 4.45 Å². The second-order valence-corrected chi connectivity index (χ2v) is 2.64. The predicted octanol–water partition coefficient (Wildman–Crippen LogP) is 2.88. The van der Waals surface area contributed by atoms with Gasteiger partial charge in [0, 0.05) is 22.0 Å². The van der Waals surface area contributed by atoms with Crippen LogP contribution >= 0.6 is 43.3 Å². The van der Waals surface area contributed by atoms with Gasteiger partial charge in [0.2, 0.25) is 0 Å². The van der Waals surface area contributed by atoms with E-state index in [9.17, 15) is 4.79 Å². The number of hydrogen-bond donors (Lipinski definition) is 0. The SMILES string of the molecule is O=C(SCl)SCl. The summed E-state index contributed by atoms with van der Waals surface area (Å²) in [4.78, 5) is 9.84. The van der Waals surface area contributed by atoms with Gasteiger partial charge in [-0.15, -0.1) is 0 Å². The quantitative estimate of drug-likeness (QED) is 0.546. The van der Waals surface area contributed by atoms with Gasteiger partial charge >= 0.3 is 0 Å². The van der Waals surface area contributed by atoms with E-state index in [0.717, 1.165) is 0 Å². The maximum atomic E-state index is 9.84. The Bertz CT molecular complexity index is 49.5. The van der Waals surface area contributed by atoms with Crippen LogP contribution in [0.15, 0.2) is 0 Å². The molecule has 0 N–H and O–H groups in total. The summed E-state index contributed by atoms with van der Waals surface area (Å²) in [6.45, 7) is 0. The number of carbonyl (C=O) groups is 1. The van der Waals surface area contributed by atoms with Gasteiger partial charge in [-0.25, -0.2) is 0 Å². The molecule has 0 aromatic heterocycles. The molecule has 0 fully saturated rings. The molecule has 0 amide bonds. The first-order valence-corrected chi connectivity index (χ1v) is 4.21. The minimum atomic E-state index is -0.293. The first-order chi connectivity index (χ1) is 2.81. The van der Waals surface area contributed by atoms with E-state index in [1.54, 1.807) is 0 Å². The third-order valence-electron chi connectivity index (χ3n) is 0.126. The molecular formula is CCl2OS2. The fourth-order valence-corrected chi connectivity index (χ4v) is 0.964. The molecule has 0 radical (unpaired) electrons. The summed E-state index contributed by atoms with van der Waals surface area (Å²) in [5.74, 6) is 0.